The van der Waals surface area contributed by atoms with Gasteiger partial charge in [0.25, 0.3) is 0 Å². The van der Waals surface area contributed by atoms with Crippen LogP contribution in [0.15, 0.2) is 27.2 Å². The van der Waals surface area contributed by atoms with Crippen LogP contribution in [0.4, 0.5) is 4.39 Å². The molecular weight excluding hydrogens is 331 g/mol. The third-order valence-electron chi connectivity index (χ3n) is 2.69. The van der Waals surface area contributed by atoms with Gasteiger partial charge >= 0.3 is 5.97 Å². The molecule has 0 aliphatic carbocycles. The van der Waals surface area contributed by atoms with Gasteiger partial charge in [0.05, 0.1) is 4.47 Å². The van der Waals surface area contributed by atoms with E-state index in [0.29, 0.717) is 28.2 Å². The van der Waals surface area contributed by atoms with Crippen LogP contribution in [0.3, 0.4) is 0 Å². The van der Waals surface area contributed by atoms with E-state index in [1.807, 2.05) is 0 Å². The van der Waals surface area contributed by atoms with Gasteiger partial charge in [-0.05, 0) is 40.0 Å². The van der Waals surface area contributed by atoms with Crippen LogP contribution in [0.25, 0.3) is 11.4 Å². The Labute approximate surface area is 122 Å². The SMILES string of the molecule is CC(CC(=O)O)Cc1nc(-c2ccc(F)c(Br)c2)no1. The Morgan fingerprint density at radius 3 is 2.95 bits per heavy atom. The van der Waals surface area contributed by atoms with Crippen LogP contribution in [0.5, 0.6) is 0 Å². The minimum atomic E-state index is -0.861. The molecule has 0 amide bonds. The largest absolute Gasteiger partial charge is 0.481 e. The van der Waals surface area contributed by atoms with Gasteiger partial charge in [-0.1, -0.05) is 12.1 Å². The highest BCUT2D eigenvalue weighted by atomic mass is 79.9. The summed E-state index contributed by atoms with van der Waals surface area (Å²) >= 11 is 3.09. The molecule has 0 bridgehead atoms. The molecule has 1 N–H and O–H groups in total. The summed E-state index contributed by atoms with van der Waals surface area (Å²) in [5.74, 6) is -0.606. The van der Waals surface area contributed by atoms with Crippen molar-refractivity contribution in [1.82, 2.24) is 10.1 Å². The van der Waals surface area contributed by atoms with Gasteiger partial charge in [-0.25, -0.2) is 4.39 Å². The molecule has 1 unspecified atom stereocenters. The first-order valence-electron chi connectivity index (χ1n) is 5.95. The number of rotatable bonds is 5. The zero-order valence-electron chi connectivity index (χ0n) is 10.6. The van der Waals surface area contributed by atoms with Crippen LogP contribution in [-0.2, 0) is 11.2 Å². The van der Waals surface area contributed by atoms with Crippen molar-refractivity contribution in [3.05, 3.63) is 34.4 Å². The van der Waals surface area contributed by atoms with E-state index in [0.717, 1.165) is 0 Å². The average Bonchev–Trinajstić information content (AvgIpc) is 2.80. The van der Waals surface area contributed by atoms with E-state index in [4.69, 9.17) is 9.63 Å². The zero-order valence-corrected chi connectivity index (χ0v) is 12.2. The number of halogens is 2. The molecule has 0 spiro atoms. The highest BCUT2D eigenvalue weighted by molar-refractivity contribution is 9.10. The van der Waals surface area contributed by atoms with Crippen LogP contribution < -0.4 is 0 Å². The fraction of sp³-hybridized carbons (Fsp3) is 0.308. The molecule has 5 nitrogen and oxygen atoms in total. The first-order chi connectivity index (χ1) is 9.45. The van der Waals surface area contributed by atoms with Crippen LogP contribution in [-0.4, -0.2) is 21.2 Å². The van der Waals surface area contributed by atoms with Crippen LogP contribution in [0.1, 0.15) is 19.2 Å². The van der Waals surface area contributed by atoms with E-state index in [1.165, 1.54) is 6.07 Å². The predicted molar refractivity (Wildman–Crippen MR) is 72.5 cm³/mol. The highest BCUT2D eigenvalue weighted by Gasteiger charge is 2.15. The molecule has 1 aromatic heterocycles. The molecular formula is C13H12BrFN2O3. The van der Waals surface area contributed by atoms with E-state index in [9.17, 15) is 9.18 Å². The second kappa shape index (κ2) is 6.13. The van der Waals surface area contributed by atoms with Gasteiger partial charge in [-0.15, -0.1) is 0 Å². The summed E-state index contributed by atoms with van der Waals surface area (Å²) in [7, 11) is 0. The quantitative estimate of drug-likeness (QED) is 0.902. The predicted octanol–water partition coefficient (Wildman–Crippen LogP) is 3.29. The van der Waals surface area contributed by atoms with E-state index < -0.39 is 5.97 Å². The molecule has 0 aliphatic heterocycles. The van der Waals surface area contributed by atoms with Crippen molar-refractivity contribution in [2.75, 3.05) is 0 Å². The summed E-state index contributed by atoms with van der Waals surface area (Å²) in [5, 5.41) is 12.5. The minimum Gasteiger partial charge on any atom is -0.481 e. The molecule has 0 aliphatic rings. The summed E-state index contributed by atoms with van der Waals surface area (Å²) in [6, 6.07) is 4.42. The van der Waals surface area contributed by atoms with E-state index in [1.54, 1.807) is 19.1 Å². The third-order valence-corrected chi connectivity index (χ3v) is 3.30. The Morgan fingerprint density at radius 1 is 1.55 bits per heavy atom. The second-order valence-corrected chi connectivity index (χ2v) is 5.40. The number of hydrogen-bond donors (Lipinski definition) is 1. The number of benzene rings is 1. The third kappa shape index (κ3) is 3.63. The summed E-state index contributed by atoms with van der Waals surface area (Å²) in [5.41, 5.74) is 0.624. The van der Waals surface area contributed by atoms with Crippen molar-refractivity contribution in [1.29, 1.82) is 0 Å². The highest BCUT2D eigenvalue weighted by Crippen LogP contribution is 2.23. The normalized spacial score (nSPS) is 12.3. The molecule has 2 rings (SSSR count). The van der Waals surface area contributed by atoms with Crippen LogP contribution in [0.2, 0.25) is 0 Å². The van der Waals surface area contributed by atoms with Crippen molar-refractivity contribution in [3.63, 3.8) is 0 Å². The second-order valence-electron chi connectivity index (χ2n) is 4.55. The number of carbonyl (C=O) groups is 1. The molecule has 20 heavy (non-hydrogen) atoms. The number of carboxylic acid groups (broad SMARTS) is 1. The maximum absolute atomic E-state index is 13.1. The molecule has 1 atom stereocenters. The van der Waals surface area contributed by atoms with E-state index in [2.05, 4.69) is 26.1 Å². The molecule has 0 saturated heterocycles. The van der Waals surface area contributed by atoms with E-state index in [-0.39, 0.29) is 18.2 Å². The molecule has 7 heteroatoms. The summed E-state index contributed by atoms with van der Waals surface area (Å²) in [4.78, 5) is 14.8. The van der Waals surface area contributed by atoms with Gasteiger partial charge in [0.1, 0.15) is 5.82 Å². The average molecular weight is 343 g/mol. The Morgan fingerprint density at radius 2 is 2.30 bits per heavy atom. The van der Waals surface area contributed by atoms with Gasteiger partial charge in [0.2, 0.25) is 11.7 Å². The molecule has 0 fully saturated rings. The Hall–Kier alpha value is -1.76. The number of aliphatic carboxylic acids is 1. The number of aromatic nitrogens is 2. The maximum Gasteiger partial charge on any atom is 0.303 e. The van der Waals surface area contributed by atoms with E-state index >= 15 is 0 Å². The van der Waals surface area contributed by atoms with Gasteiger partial charge < -0.3 is 9.63 Å². The summed E-state index contributed by atoms with van der Waals surface area (Å²) < 4.78 is 18.5. The number of hydrogen-bond acceptors (Lipinski definition) is 4. The monoisotopic (exact) mass is 342 g/mol. The molecule has 1 aromatic carbocycles. The minimum absolute atomic E-state index is 0.0415. The van der Waals surface area contributed by atoms with Crippen molar-refractivity contribution in [3.8, 4) is 11.4 Å². The lowest BCUT2D eigenvalue weighted by molar-refractivity contribution is -0.137. The van der Waals surface area contributed by atoms with Gasteiger partial charge in [-0.2, -0.15) is 4.98 Å². The Bertz CT molecular complexity index is 630. The first-order valence-corrected chi connectivity index (χ1v) is 6.75. The van der Waals surface area contributed by atoms with Crippen LogP contribution in [0, 0.1) is 11.7 Å². The van der Waals surface area contributed by atoms with Crippen LogP contribution >= 0.6 is 15.9 Å². The van der Waals surface area contributed by atoms with Gasteiger partial charge in [0.15, 0.2) is 0 Å². The molecule has 106 valence electrons. The first kappa shape index (κ1) is 14.6. The lowest BCUT2D eigenvalue weighted by atomic mass is 10.0. The lowest BCUT2D eigenvalue weighted by Gasteiger charge is -2.03. The zero-order chi connectivity index (χ0) is 14.7. The van der Waals surface area contributed by atoms with Crippen molar-refractivity contribution in [2.45, 2.75) is 19.8 Å². The molecule has 0 saturated carbocycles. The van der Waals surface area contributed by atoms with Crippen molar-refractivity contribution < 1.29 is 18.8 Å². The summed E-state index contributed by atoms with van der Waals surface area (Å²) in [6.45, 7) is 1.80. The smallest absolute Gasteiger partial charge is 0.303 e. The number of carboxylic acids is 1. The maximum atomic E-state index is 13.1. The lowest BCUT2D eigenvalue weighted by Crippen LogP contribution is -2.07. The van der Waals surface area contributed by atoms with Crippen molar-refractivity contribution >= 4 is 21.9 Å². The molecule has 1 heterocycles. The fourth-order valence-electron chi connectivity index (χ4n) is 1.76. The fourth-order valence-corrected chi connectivity index (χ4v) is 2.14. The topological polar surface area (TPSA) is 76.2 Å². The standard InChI is InChI=1S/C13H12BrFN2O3/c1-7(5-12(18)19)4-11-16-13(17-20-11)8-2-3-10(15)9(14)6-8/h2-3,6-7H,4-5H2,1H3,(H,18,19). The Balaban J connectivity index is 2.12. The Kier molecular flexibility index (Phi) is 4.49. The number of nitrogens with zero attached hydrogens (tertiary/aromatic N) is 2. The molecule has 0 radical (unpaired) electrons. The van der Waals surface area contributed by atoms with Gasteiger partial charge in [-0.3, -0.25) is 4.79 Å². The molecule has 2 aromatic rings. The summed E-state index contributed by atoms with van der Waals surface area (Å²) in [6.07, 6.45) is 0.432. The van der Waals surface area contributed by atoms with Gasteiger partial charge in [0, 0.05) is 18.4 Å². The van der Waals surface area contributed by atoms with Crippen molar-refractivity contribution in [2.24, 2.45) is 5.92 Å².